The fourth-order valence-corrected chi connectivity index (χ4v) is 12.5. The zero-order valence-electron chi connectivity index (χ0n) is 36.9. The number of aryl methyl sites for hydroxylation is 2. The van der Waals surface area contributed by atoms with Crippen LogP contribution in [0.5, 0.6) is 0 Å². The summed E-state index contributed by atoms with van der Waals surface area (Å²) in [6, 6.07) is 0. The van der Waals surface area contributed by atoms with E-state index in [0.717, 1.165) is 4.90 Å². The van der Waals surface area contributed by atoms with E-state index in [1.807, 2.05) is 27.7 Å². The Balaban J connectivity index is 0.951. The van der Waals surface area contributed by atoms with Crippen molar-refractivity contribution in [2.75, 3.05) is 7.05 Å². The minimum atomic E-state index is -5.07. The summed E-state index contributed by atoms with van der Waals surface area (Å²) >= 11 is 0. The number of phosphoric ester groups is 1. The highest BCUT2D eigenvalue weighted by molar-refractivity contribution is 7.47. The molecule has 4 bridgehead atoms. The lowest BCUT2D eigenvalue weighted by molar-refractivity contribution is -0.171. The lowest BCUT2D eigenvalue weighted by atomic mass is 9.53. The maximum atomic E-state index is 14.3. The topological polar surface area (TPSA) is 259 Å². The van der Waals surface area contributed by atoms with Crippen molar-refractivity contribution in [1.29, 1.82) is 0 Å². The van der Waals surface area contributed by atoms with Crippen LogP contribution in [0.1, 0.15) is 142 Å². The summed E-state index contributed by atoms with van der Waals surface area (Å²) in [4.78, 5) is 109. The highest BCUT2D eigenvalue weighted by atomic mass is 31.2. The summed E-state index contributed by atoms with van der Waals surface area (Å²) in [6.07, 6.45) is 5.61. The number of carbonyl (C=O) groups excluding carboxylic acids is 1. The van der Waals surface area contributed by atoms with E-state index in [1.165, 1.54) is 16.2 Å². The standard InChI is InChI=1S/C42H60N9O11P/c1-6-22-48-28-26(30(52)50(24-8-3)37(48)57)43-34(45-28)39-10-13-41(14-11-39,15-12-39)36(56)47(5)32(33(54)55)61-63(59,60)62-42-19-16-40(17-20-42,18-21-42)35-44-27-29(46-35)49(23-7-2)38(58)51(25-9-4)31(27)53/h32H,6-25H2,1-5H3,(H,43,45)(H,44,46)(H,54,55)(H,59,60). The fraction of sp³-hybridized carbons (Fsp3) is 0.714. The molecule has 0 saturated heterocycles. The van der Waals surface area contributed by atoms with Crippen molar-refractivity contribution in [2.24, 2.45) is 5.41 Å². The van der Waals surface area contributed by atoms with Crippen LogP contribution >= 0.6 is 7.82 Å². The quantitative estimate of drug-likeness (QED) is 0.0850. The lowest BCUT2D eigenvalue weighted by Crippen LogP contribution is -2.56. The molecule has 1 amide bonds. The minimum absolute atomic E-state index is 0.275. The van der Waals surface area contributed by atoms with Crippen molar-refractivity contribution in [2.45, 2.75) is 179 Å². The molecule has 4 aromatic heterocycles. The predicted octanol–water partition coefficient (Wildman–Crippen LogP) is 4.37. The van der Waals surface area contributed by atoms with Gasteiger partial charge in [-0.25, -0.2) is 28.9 Å². The van der Waals surface area contributed by atoms with E-state index in [1.54, 1.807) is 9.13 Å². The van der Waals surface area contributed by atoms with Gasteiger partial charge in [0, 0.05) is 49.5 Å². The zero-order valence-corrected chi connectivity index (χ0v) is 37.8. The van der Waals surface area contributed by atoms with Gasteiger partial charge in [-0.2, -0.15) is 0 Å². The van der Waals surface area contributed by atoms with Gasteiger partial charge in [-0.1, -0.05) is 27.7 Å². The lowest BCUT2D eigenvalue weighted by Gasteiger charge is -2.53. The smallest absolute Gasteiger partial charge is 0.475 e. The van der Waals surface area contributed by atoms with E-state index >= 15 is 0 Å². The van der Waals surface area contributed by atoms with Crippen LogP contribution in [-0.2, 0) is 60.2 Å². The van der Waals surface area contributed by atoms with Crippen LogP contribution in [0, 0.1) is 5.41 Å². The van der Waals surface area contributed by atoms with E-state index in [-0.39, 0.29) is 29.8 Å². The number of hydrogen-bond acceptors (Lipinski definition) is 11. The Hall–Kier alpha value is -4.65. The van der Waals surface area contributed by atoms with Crippen LogP contribution in [0.15, 0.2) is 19.2 Å². The maximum absolute atomic E-state index is 14.3. The molecule has 10 rings (SSSR count). The van der Waals surface area contributed by atoms with E-state index in [9.17, 15) is 43.3 Å². The summed E-state index contributed by atoms with van der Waals surface area (Å²) < 4.78 is 30.6. The number of hydrogen-bond donors (Lipinski definition) is 4. The number of aliphatic carboxylic acids is 1. The first-order valence-electron chi connectivity index (χ1n) is 22.6. The van der Waals surface area contributed by atoms with E-state index in [4.69, 9.17) is 19.0 Å². The Bertz CT molecular complexity index is 2710. The number of H-pyrrole nitrogens is 2. The van der Waals surface area contributed by atoms with Crippen molar-refractivity contribution in [1.82, 2.24) is 43.1 Å². The normalized spacial score (nSPS) is 27.0. The summed E-state index contributed by atoms with van der Waals surface area (Å²) in [5.74, 6) is -0.947. The highest BCUT2D eigenvalue weighted by Gasteiger charge is 2.58. The van der Waals surface area contributed by atoms with Gasteiger partial charge in [0.15, 0.2) is 11.3 Å². The van der Waals surface area contributed by atoms with Crippen LogP contribution in [0.3, 0.4) is 0 Å². The number of aromatic nitrogens is 8. The SMILES string of the molecule is CCCn1c(=O)c2[nH]c(C34CCC(OP(=O)(O)OC(C(=O)O)N(C)C(=O)C56CCC(c7nc8c([nH]7)c(=O)n(CCC)c(=O)n8CCC)(CC5)CC6)(CC3)CC4)nc2n(CCC)c1=O. The van der Waals surface area contributed by atoms with E-state index in [2.05, 4.69) is 9.97 Å². The van der Waals surface area contributed by atoms with Crippen LogP contribution < -0.4 is 22.5 Å². The number of nitrogens with one attached hydrogen (secondary N) is 2. The molecule has 21 heteroatoms. The molecule has 63 heavy (non-hydrogen) atoms. The first-order chi connectivity index (χ1) is 29.9. The van der Waals surface area contributed by atoms with Crippen molar-refractivity contribution in [3.8, 4) is 0 Å². The number of carbonyl (C=O) groups is 2. The monoisotopic (exact) mass is 897 g/mol. The largest absolute Gasteiger partial charge is 0.478 e. The predicted molar refractivity (Wildman–Crippen MR) is 231 cm³/mol. The number of nitrogens with zero attached hydrogens (tertiary/aromatic N) is 7. The number of carboxylic acids is 1. The van der Waals surface area contributed by atoms with Crippen molar-refractivity contribution < 1.29 is 33.2 Å². The van der Waals surface area contributed by atoms with Gasteiger partial charge in [0.05, 0.1) is 5.60 Å². The van der Waals surface area contributed by atoms with Gasteiger partial charge in [-0.3, -0.25) is 41.7 Å². The Kier molecular flexibility index (Phi) is 11.7. The van der Waals surface area contributed by atoms with Gasteiger partial charge in [0.1, 0.15) is 22.7 Å². The number of carboxylic acid groups (broad SMARTS) is 1. The second-order valence-corrected chi connectivity index (χ2v) is 20.0. The zero-order chi connectivity index (χ0) is 45.3. The van der Waals surface area contributed by atoms with Crippen LogP contribution in [0.25, 0.3) is 22.3 Å². The number of fused-ring (bicyclic) bond motifs is 8. The molecule has 0 aromatic carbocycles. The molecule has 0 spiro atoms. The molecule has 344 valence electrons. The molecule has 4 heterocycles. The Morgan fingerprint density at radius 1 is 0.683 bits per heavy atom. The molecule has 2 atom stereocenters. The van der Waals surface area contributed by atoms with Gasteiger partial charge in [0.25, 0.3) is 11.1 Å². The first kappa shape index (κ1) is 44.9. The van der Waals surface area contributed by atoms with Crippen molar-refractivity contribution in [3.63, 3.8) is 0 Å². The molecular formula is C42H60N9O11P. The molecule has 6 fully saturated rings. The van der Waals surface area contributed by atoms with Gasteiger partial charge in [0.2, 0.25) is 12.1 Å². The molecular weight excluding hydrogens is 837 g/mol. The number of amides is 1. The van der Waals surface area contributed by atoms with E-state index in [0.29, 0.717) is 139 Å². The molecule has 6 saturated carbocycles. The Morgan fingerprint density at radius 3 is 1.44 bits per heavy atom. The van der Waals surface area contributed by atoms with Crippen molar-refractivity contribution in [3.05, 3.63) is 53.3 Å². The number of likely N-dealkylation sites (N-methyl/N-ethyl adjacent to an activating group) is 1. The van der Waals surface area contributed by atoms with Crippen LogP contribution in [0.2, 0.25) is 0 Å². The van der Waals surface area contributed by atoms with Crippen LogP contribution in [0.4, 0.5) is 0 Å². The molecule has 20 nitrogen and oxygen atoms in total. The van der Waals surface area contributed by atoms with Gasteiger partial charge < -0.3 is 24.9 Å². The third kappa shape index (κ3) is 7.37. The molecule has 4 aromatic rings. The van der Waals surface area contributed by atoms with Gasteiger partial charge in [-0.15, -0.1) is 0 Å². The Labute approximate surface area is 362 Å². The number of aromatic amines is 2. The van der Waals surface area contributed by atoms with Crippen molar-refractivity contribution >= 4 is 42.0 Å². The summed E-state index contributed by atoms with van der Waals surface area (Å²) in [7, 11) is -3.81. The molecule has 6 aliphatic rings. The molecule has 6 aliphatic carbocycles. The van der Waals surface area contributed by atoms with Gasteiger partial charge in [-0.05, 0) is 103 Å². The average Bonchev–Trinajstić information content (AvgIpc) is 3.94. The summed E-state index contributed by atoms with van der Waals surface area (Å²) in [6.45, 7) is 9.07. The molecule has 4 N–H and O–H groups in total. The fourth-order valence-electron chi connectivity index (χ4n) is 11.2. The van der Waals surface area contributed by atoms with Crippen LogP contribution in [-0.4, -0.2) is 83.9 Å². The third-order valence-electron chi connectivity index (χ3n) is 14.8. The molecule has 0 radical (unpaired) electrons. The maximum Gasteiger partial charge on any atom is 0.475 e. The number of rotatable bonds is 17. The number of imidazole rings is 2. The number of phosphoric acid groups is 1. The minimum Gasteiger partial charge on any atom is -0.478 e. The van der Waals surface area contributed by atoms with E-state index < -0.39 is 64.6 Å². The van der Waals surface area contributed by atoms with Gasteiger partial charge >= 0.3 is 25.2 Å². The molecule has 0 aliphatic heterocycles. The first-order valence-corrected chi connectivity index (χ1v) is 24.1. The average molecular weight is 898 g/mol. The summed E-state index contributed by atoms with van der Waals surface area (Å²) in [5, 5.41) is 10.3. The second kappa shape index (κ2) is 16.4. The summed E-state index contributed by atoms with van der Waals surface area (Å²) in [5.41, 5.74) is -3.43. The highest BCUT2D eigenvalue weighted by Crippen LogP contribution is 2.61. The Morgan fingerprint density at radius 2 is 1.06 bits per heavy atom. The molecule has 2 unspecified atom stereocenters. The third-order valence-corrected chi connectivity index (χ3v) is 15.9. The second-order valence-electron chi connectivity index (χ2n) is 18.6.